The highest BCUT2D eigenvalue weighted by atomic mass is 79.9. The molecule has 0 aliphatic carbocycles. The number of fused-ring (bicyclic) bond motifs is 1. The Labute approximate surface area is 99.6 Å². The van der Waals surface area contributed by atoms with Crippen LogP contribution in [0.5, 0.6) is 5.75 Å². The SMILES string of the molecule is COc1csc2c(Br)cc(SC)cc12. The van der Waals surface area contributed by atoms with Crippen LogP contribution in [0.3, 0.4) is 0 Å². The summed E-state index contributed by atoms with van der Waals surface area (Å²) in [5.74, 6) is 0.960. The molecule has 1 aromatic heterocycles. The Kier molecular flexibility index (Phi) is 3.04. The minimum absolute atomic E-state index is 0.960. The first-order valence-corrected chi connectivity index (χ1v) is 6.94. The number of methoxy groups -OCH3 is 1. The van der Waals surface area contributed by atoms with E-state index in [1.165, 1.54) is 15.0 Å². The molecule has 0 saturated heterocycles. The van der Waals surface area contributed by atoms with Crippen molar-refractivity contribution in [2.45, 2.75) is 4.90 Å². The number of benzene rings is 1. The van der Waals surface area contributed by atoms with Gasteiger partial charge in [0.2, 0.25) is 0 Å². The first-order chi connectivity index (χ1) is 6.76. The zero-order valence-corrected chi connectivity index (χ0v) is 11.1. The molecule has 0 aliphatic rings. The van der Waals surface area contributed by atoms with Crippen LogP contribution in [-0.4, -0.2) is 13.4 Å². The van der Waals surface area contributed by atoms with E-state index < -0.39 is 0 Å². The number of hydrogen-bond donors (Lipinski definition) is 0. The van der Waals surface area contributed by atoms with Crippen molar-refractivity contribution in [3.63, 3.8) is 0 Å². The van der Waals surface area contributed by atoms with Gasteiger partial charge in [0.1, 0.15) is 5.75 Å². The molecule has 74 valence electrons. The molecule has 0 radical (unpaired) electrons. The van der Waals surface area contributed by atoms with Crippen LogP contribution >= 0.6 is 39.0 Å². The molecule has 4 heteroatoms. The van der Waals surface area contributed by atoms with Crippen LogP contribution in [-0.2, 0) is 0 Å². The minimum atomic E-state index is 0.960. The highest BCUT2D eigenvalue weighted by molar-refractivity contribution is 9.10. The van der Waals surface area contributed by atoms with E-state index in [-0.39, 0.29) is 0 Å². The van der Waals surface area contributed by atoms with Crippen molar-refractivity contribution in [2.75, 3.05) is 13.4 Å². The molecule has 1 nitrogen and oxygen atoms in total. The summed E-state index contributed by atoms with van der Waals surface area (Å²) in [4.78, 5) is 1.25. The number of halogens is 1. The summed E-state index contributed by atoms with van der Waals surface area (Å²) >= 11 is 7.02. The van der Waals surface area contributed by atoms with E-state index in [0.29, 0.717) is 0 Å². The van der Waals surface area contributed by atoms with E-state index in [1.807, 2.05) is 5.38 Å². The highest BCUT2D eigenvalue weighted by Gasteiger charge is 2.08. The molecule has 2 rings (SSSR count). The van der Waals surface area contributed by atoms with Crippen LogP contribution in [0.15, 0.2) is 26.9 Å². The molecule has 1 aromatic carbocycles. The van der Waals surface area contributed by atoms with E-state index in [0.717, 1.165) is 10.2 Å². The van der Waals surface area contributed by atoms with Crippen molar-refractivity contribution in [3.05, 3.63) is 22.0 Å². The summed E-state index contributed by atoms with van der Waals surface area (Å²) in [6.45, 7) is 0. The first kappa shape index (κ1) is 10.3. The lowest BCUT2D eigenvalue weighted by Crippen LogP contribution is -1.80. The van der Waals surface area contributed by atoms with E-state index in [2.05, 4.69) is 34.3 Å². The Morgan fingerprint density at radius 3 is 2.86 bits per heavy atom. The molecule has 14 heavy (non-hydrogen) atoms. The van der Waals surface area contributed by atoms with E-state index in [1.54, 1.807) is 30.2 Å². The molecule has 0 spiro atoms. The maximum atomic E-state index is 5.30. The zero-order chi connectivity index (χ0) is 10.1. The molecule has 0 aliphatic heterocycles. The maximum absolute atomic E-state index is 5.30. The lowest BCUT2D eigenvalue weighted by molar-refractivity contribution is 0.421. The van der Waals surface area contributed by atoms with E-state index >= 15 is 0 Å². The van der Waals surface area contributed by atoms with Crippen molar-refractivity contribution in [2.24, 2.45) is 0 Å². The molecule has 1 heterocycles. The standard InChI is InChI=1S/C10H9BrOS2/c1-12-9-5-14-10-7(9)3-6(13-2)4-8(10)11/h3-5H,1-2H3. The quantitative estimate of drug-likeness (QED) is 0.758. The Bertz CT molecular complexity index is 464. The molecule has 0 amide bonds. The predicted molar refractivity (Wildman–Crippen MR) is 67.9 cm³/mol. The fourth-order valence-electron chi connectivity index (χ4n) is 1.32. The molecule has 0 N–H and O–H groups in total. The molecule has 2 aromatic rings. The molecule has 0 unspecified atom stereocenters. The van der Waals surface area contributed by atoms with Crippen LogP contribution in [0.4, 0.5) is 0 Å². The third-order valence-electron chi connectivity index (χ3n) is 2.02. The second-order valence-corrected chi connectivity index (χ2v) is 5.40. The van der Waals surface area contributed by atoms with Gasteiger partial charge in [-0.15, -0.1) is 23.1 Å². The summed E-state index contributed by atoms with van der Waals surface area (Å²) in [7, 11) is 1.71. The van der Waals surface area contributed by atoms with Gasteiger partial charge in [0, 0.05) is 20.1 Å². The smallest absolute Gasteiger partial charge is 0.137 e. The highest BCUT2D eigenvalue weighted by Crippen LogP contribution is 2.39. The van der Waals surface area contributed by atoms with Crippen molar-refractivity contribution in [1.82, 2.24) is 0 Å². The fourth-order valence-corrected chi connectivity index (χ4v) is 3.59. The van der Waals surface area contributed by atoms with Crippen LogP contribution in [0, 0.1) is 0 Å². The summed E-state index contributed by atoms with van der Waals surface area (Å²) in [6, 6.07) is 4.31. The lowest BCUT2D eigenvalue weighted by atomic mass is 10.2. The lowest BCUT2D eigenvalue weighted by Gasteiger charge is -2.01. The van der Waals surface area contributed by atoms with Crippen LogP contribution < -0.4 is 4.74 Å². The number of rotatable bonds is 2. The van der Waals surface area contributed by atoms with Gasteiger partial charge in [-0.1, -0.05) is 0 Å². The van der Waals surface area contributed by atoms with Crippen molar-refractivity contribution in [1.29, 1.82) is 0 Å². The molecular formula is C10H9BrOS2. The molecule has 0 fully saturated rings. The molecule has 0 atom stereocenters. The average molecular weight is 289 g/mol. The average Bonchev–Trinajstić information content (AvgIpc) is 2.61. The van der Waals surface area contributed by atoms with Gasteiger partial charge in [0.25, 0.3) is 0 Å². The topological polar surface area (TPSA) is 9.23 Å². The van der Waals surface area contributed by atoms with Crippen LogP contribution in [0.1, 0.15) is 0 Å². The van der Waals surface area contributed by atoms with Crippen LogP contribution in [0.25, 0.3) is 10.1 Å². The molecular weight excluding hydrogens is 280 g/mol. The number of thiophene rings is 1. The molecule has 0 saturated carbocycles. The van der Waals surface area contributed by atoms with Gasteiger partial charge in [0.15, 0.2) is 0 Å². The Balaban J connectivity index is 2.73. The van der Waals surface area contributed by atoms with Crippen molar-refractivity contribution < 1.29 is 4.74 Å². The predicted octanol–water partition coefficient (Wildman–Crippen LogP) is 4.39. The Morgan fingerprint density at radius 2 is 2.21 bits per heavy atom. The van der Waals surface area contributed by atoms with E-state index in [9.17, 15) is 0 Å². The minimum Gasteiger partial charge on any atom is -0.495 e. The third kappa shape index (κ3) is 1.66. The van der Waals surface area contributed by atoms with Crippen LogP contribution in [0.2, 0.25) is 0 Å². The number of thioether (sulfide) groups is 1. The fraction of sp³-hybridized carbons (Fsp3) is 0.200. The molecule has 0 bridgehead atoms. The van der Waals surface area contributed by atoms with Crippen molar-refractivity contribution >= 4 is 49.1 Å². The summed E-state index contributed by atoms with van der Waals surface area (Å²) < 4.78 is 7.70. The van der Waals surface area contributed by atoms with Gasteiger partial charge >= 0.3 is 0 Å². The summed E-state index contributed by atoms with van der Waals surface area (Å²) in [5, 5.41) is 3.23. The van der Waals surface area contributed by atoms with Gasteiger partial charge in [-0.25, -0.2) is 0 Å². The zero-order valence-electron chi connectivity index (χ0n) is 7.83. The van der Waals surface area contributed by atoms with Gasteiger partial charge < -0.3 is 4.74 Å². The normalized spacial score (nSPS) is 10.8. The Morgan fingerprint density at radius 1 is 1.43 bits per heavy atom. The second kappa shape index (κ2) is 4.13. The monoisotopic (exact) mass is 288 g/mol. The summed E-state index contributed by atoms with van der Waals surface area (Å²) in [6.07, 6.45) is 2.08. The second-order valence-electron chi connectivity index (χ2n) is 2.79. The number of ether oxygens (including phenoxy) is 1. The van der Waals surface area contributed by atoms with Gasteiger partial charge in [-0.3, -0.25) is 0 Å². The number of hydrogen-bond acceptors (Lipinski definition) is 3. The summed E-state index contributed by atoms with van der Waals surface area (Å²) in [5.41, 5.74) is 0. The largest absolute Gasteiger partial charge is 0.495 e. The first-order valence-electron chi connectivity index (χ1n) is 4.05. The van der Waals surface area contributed by atoms with Crippen molar-refractivity contribution in [3.8, 4) is 5.75 Å². The van der Waals surface area contributed by atoms with Gasteiger partial charge in [-0.05, 0) is 34.3 Å². The van der Waals surface area contributed by atoms with Gasteiger partial charge in [-0.2, -0.15) is 0 Å². The van der Waals surface area contributed by atoms with E-state index in [4.69, 9.17) is 4.74 Å². The third-order valence-corrected chi connectivity index (χ3v) is 4.62. The maximum Gasteiger partial charge on any atom is 0.137 e. The Hall–Kier alpha value is -0.190. The van der Waals surface area contributed by atoms with Gasteiger partial charge in [0.05, 0.1) is 11.8 Å².